The van der Waals surface area contributed by atoms with Gasteiger partial charge in [-0.05, 0) is 24.6 Å². The molecule has 2 amide bonds. The zero-order chi connectivity index (χ0) is 14.0. The Bertz CT molecular complexity index is 524. The number of benzene rings is 1. The quantitative estimate of drug-likeness (QED) is 0.881. The molecule has 1 heterocycles. The minimum Gasteiger partial charge on any atom is -0.480 e. The van der Waals surface area contributed by atoms with Crippen LogP contribution in [0.1, 0.15) is 5.56 Å². The molecule has 1 atom stereocenters. The average molecular weight is 301 g/mol. The van der Waals surface area contributed by atoms with Gasteiger partial charge in [0.1, 0.15) is 6.04 Å². The van der Waals surface area contributed by atoms with E-state index in [0.29, 0.717) is 22.3 Å². The third-order valence-corrected chi connectivity index (χ3v) is 4.12. The highest BCUT2D eigenvalue weighted by molar-refractivity contribution is 7.99. The number of halogens is 1. The van der Waals surface area contributed by atoms with E-state index in [0.717, 1.165) is 5.56 Å². The zero-order valence-corrected chi connectivity index (χ0v) is 11.8. The topological polar surface area (TPSA) is 69.6 Å². The highest BCUT2D eigenvalue weighted by Gasteiger charge is 2.34. The molecule has 2 N–H and O–H groups in total. The number of nitrogens with one attached hydrogen (secondary N) is 1. The molecule has 1 aromatic rings. The number of aliphatic carboxylic acids is 1. The number of anilines is 1. The molecule has 7 heteroatoms. The van der Waals surface area contributed by atoms with Crippen molar-refractivity contribution in [2.24, 2.45) is 0 Å². The summed E-state index contributed by atoms with van der Waals surface area (Å²) in [6.45, 7) is 1.85. The fourth-order valence-electron chi connectivity index (χ4n) is 1.76. The molecule has 0 spiro atoms. The maximum atomic E-state index is 12.1. The molecule has 1 saturated heterocycles. The Morgan fingerprint density at radius 3 is 2.95 bits per heavy atom. The second kappa shape index (κ2) is 5.71. The van der Waals surface area contributed by atoms with Gasteiger partial charge in [0.2, 0.25) is 0 Å². The molecule has 1 fully saturated rings. The Hall–Kier alpha value is -1.40. The highest BCUT2D eigenvalue weighted by atomic mass is 35.5. The van der Waals surface area contributed by atoms with Crippen molar-refractivity contribution in [1.29, 1.82) is 0 Å². The van der Waals surface area contributed by atoms with Gasteiger partial charge in [0.25, 0.3) is 0 Å². The van der Waals surface area contributed by atoms with Crippen LogP contribution in [0.25, 0.3) is 0 Å². The Labute approximate surface area is 119 Å². The van der Waals surface area contributed by atoms with Crippen molar-refractivity contribution in [3.8, 4) is 0 Å². The monoisotopic (exact) mass is 300 g/mol. The van der Waals surface area contributed by atoms with Crippen LogP contribution in [0, 0.1) is 6.92 Å². The first kappa shape index (κ1) is 14.0. The molecule has 19 heavy (non-hydrogen) atoms. The number of rotatable bonds is 2. The van der Waals surface area contributed by atoms with E-state index in [4.69, 9.17) is 16.7 Å². The van der Waals surface area contributed by atoms with Gasteiger partial charge in [0, 0.05) is 16.5 Å². The third kappa shape index (κ3) is 3.13. The lowest BCUT2D eigenvalue weighted by atomic mass is 10.2. The number of carbonyl (C=O) groups is 2. The summed E-state index contributed by atoms with van der Waals surface area (Å²) >= 11 is 7.30. The first-order valence-corrected chi connectivity index (χ1v) is 7.16. The lowest BCUT2D eigenvalue weighted by molar-refractivity contribution is -0.140. The number of aryl methyl sites for hydroxylation is 1. The summed E-state index contributed by atoms with van der Waals surface area (Å²) in [5.41, 5.74) is 1.47. The van der Waals surface area contributed by atoms with Crippen molar-refractivity contribution in [2.75, 3.05) is 16.9 Å². The van der Waals surface area contributed by atoms with Crippen molar-refractivity contribution >= 4 is 41.1 Å². The van der Waals surface area contributed by atoms with Crippen molar-refractivity contribution in [1.82, 2.24) is 4.90 Å². The van der Waals surface area contributed by atoms with Gasteiger partial charge >= 0.3 is 12.0 Å². The standard InChI is InChI=1S/C12H13ClN2O3S/c1-7-2-3-8(13)4-9(7)14-12(18)15-6-19-5-10(15)11(16)17/h2-4,10H,5-6H2,1H3,(H,14,18)(H,16,17). The van der Waals surface area contributed by atoms with E-state index in [-0.39, 0.29) is 0 Å². The molecule has 1 aromatic carbocycles. The van der Waals surface area contributed by atoms with Gasteiger partial charge in [-0.15, -0.1) is 11.8 Å². The first-order valence-electron chi connectivity index (χ1n) is 5.63. The Kier molecular flexibility index (Phi) is 4.21. The van der Waals surface area contributed by atoms with Crippen LogP contribution in [0.4, 0.5) is 10.5 Å². The number of urea groups is 1. The SMILES string of the molecule is Cc1ccc(Cl)cc1NC(=O)N1CSCC1C(=O)O. The number of hydrogen-bond donors (Lipinski definition) is 2. The molecule has 2 rings (SSSR count). The van der Waals surface area contributed by atoms with E-state index in [1.54, 1.807) is 18.2 Å². The number of nitrogens with zero attached hydrogens (tertiary/aromatic N) is 1. The zero-order valence-electron chi connectivity index (χ0n) is 10.2. The Morgan fingerprint density at radius 1 is 1.53 bits per heavy atom. The number of hydrogen-bond acceptors (Lipinski definition) is 3. The second-order valence-corrected chi connectivity index (χ2v) is 5.65. The Balaban J connectivity index is 2.12. The molecular formula is C12H13ClN2O3S. The van der Waals surface area contributed by atoms with Gasteiger partial charge in [-0.2, -0.15) is 0 Å². The predicted molar refractivity (Wildman–Crippen MR) is 75.8 cm³/mol. The van der Waals surface area contributed by atoms with Gasteiger partial charge in [-0.1, -0.05) is 17.7 Å². The fourth-order valence-corrected chi connectivity index (χ4v) is 3.08. The van der Waals surface area contributed by atoms with E-state index in [9.17, 15) is 9.59 Å². The lowest BCUT2D eigenvalue weighted by Crippen LogP contribution is -2.44. The summed E-state index contributed by atoms with van der Waals surface area (Å²) in [6.07, 6.45) is 0. The number of carboxylic acids is 1. The van der Waals surface area contributed by atoms with Crippen LogP contribution in [0.5, 0.6) is 0 Å². The van der Waals surface area contributed by atoms with Crippen molar-refractivity contribution in [3.05, 3.63) is 28.8 Å². The highest BCUT2D eigenvalue weighted by Crippen LogP contribution is 2.24. The van der Waals surface area contributed by atoms with Crippen LogP contribution in [0.15, 0.2) is 18.2 Å². The normalized spacial score (nSPS) is 18.4. The minimum atomic E-state index is -0.983. The fraction of sp³-hybridized carbons (Fsp3) is 0.333. The van der Waals surface area contributed by atoms with E-state index in [1.807, 2.05) is 6.92 Å². The smallest absolute Gasteiger partial charge is 0.327 e. The van der Waals surface area contributed by atoms with Crippen LogP contribution in [-0.2, 0) is 4.79 Å². The molecule has 102 valence electrons. The summed E-state index contributed by atoms with van der Waals surface area (Å²) < 4.78 is 0. The van der Waals surface area contributed by atoms with Crippen LogP contribution < -0.4 is 5.32 Å². The van der Waals surface area contributed by atoms with Crippen molar-refractivity contribution in [3.63, 3.8) is 0 Å². The summed E-state index contributed by atoms with van der Waals surface area (Å²) in [5, 5.41) is 12.3. The summed E-state index contributed by atoms with van der Waals surface area (Å²) in [6, 6.07) is 3.99. The first-order chi connectivity index (χ1) is 8.99. The molecule has 0 aromatic heterocycles. The van der Waals surface area contributed by atoms with Crippen LogP contribution >= 0.6 is 23.4 Å². The van der Waals surface area contributed by atoms with Crippen LogP contribution in [0.2, 0.25) is 5.02 Å². The second-order valence-electron chi connectivity index (χ2n) is 4.21. The Morgan fingerprint density at radius 2 is 2.26 bits per heavy atom. The number of carbonyl (C=O) groups excluding carboxylic acids is 1. The molecule has 5 nitrogen and oxygen atoms in total. The van der Waals surface area contributed by atoms with Gasteiger partial charge in [0.15, 0.2) is 0 Å². The van der Waals surface area contributed by atoms with E-state index in [2.05, 4.69) is 5.32 Å². The van der Waals surface area contributed by atoms with Crippen LogP contribution in [-0.4, -0.2) is 39.7 Å². The summed E-state index contributed by atoms with van der Waals surface area (Å²) in [7, 11) is 0. The average Bonchev–Trinajstić information content (AvgIpc) is 2.83. The van der Waals surface area contributed by atoms with Gasteiger partial charge in [0.05, 0.1) is 5.88 Å². The predicted octanol–water partition coefficient (Wildman–Crippen LogP) is 2.64. The largest absolute Gasteiger partial charge is 0.480 e. The van der Waals surface area contributed by atoms with E-state index < -0.39 is 18.0 Å². The van der Waals surface area contributed by atoms with E-state index >= 15 is 0 Å². The number of amides is 2. The minimum absolute atomic E-state index is 0.377. The molecular weight excluding hydrogens is 288 g/mol. The molecule has 1 unspecified atom stereocenters. The molecule has 0 bridgehead atoms. The lowest BCUT2D eigenvalue weighted by Gasteiger charge is -2.21. The maximum Gasteiger partial charge on any atom is 0.327 e. The molecule has 1 aliphatic heterocycles. The van der Waals surface area contributed by atoms with Crippen molar-refractivity contribution < 1.29 is 14.7 Å². The third-order valence-electron chi connectivity index (χ3n) is 2.87. The van der Waals surface area contributed by atoms with E-state index in [1.165, 1.54) is 16.7 Å². The number of carboxylic acid groups (broad SMARTS) is 1. The van der Waals surface area contributed by atoms with Gasteiger partial charge < -0.3 is 15.3 Å². The summed E-state index contributed by atoms with van der Waals surface area (Å²) in [4.78, 5) is 24.4. The molecule has 0 saturated carbocycles. The van der Waals surface area contributed by atoms with Gasteiger partial charge in [-0.3, -0.25) is 0 Å². The van der Waals surface area contributed by atoms with Gasteiger partial charge in [-0.25, -0.2) is 9.59 Å². The maximum absolute atomic E-state index is 12.1. The molecule has 0 radical (unpaired) electrons. The number of thioether (sulfide) groups is 1. The van der Waals surface area contributed by atoms with Crippen molar-refractivity contribution in [2.45, 2.75) is 13.0 Å². The van der Waals surface area contributed by atoms with Crippen LogP contribution in [0.3, 0.4) is 0 Å². The molecule has 0 aliphatic carbocycles. The summed E-state index contributed by atoms with van der Waals surface area (Å²) in [5.74, 6) is -0.192. The molecule has 1 aliphatic rings.